The van der Waals surface area contributed by atoms with Gasteiger partial charge in [0, 0.05) is 5.57 Å². The zero-order valence-electron chi connectivity index (χ0n) is 4.46. The van der Waals surface area contributed by atoms with E-state index >= 15 is 0 Å². The molecule has 0 amide bonds. The van der Waals surface area contributed by atoms with Gasteiger partial charge in [-0.1, -0.05) is 0 Å². The third-order valence-electron chi connectivity index (χ3n) is 1.25. The van der Waals surface area contributed by atoms with Crippen LogP contribution in [0, 0.1) is 11.3 Å². The molecule has 0 saturated heterocycles. The molecule has 2 heteroatoms. The van der Waals surface area contributed by atoms with Crippen LogP contribution in [0.5, 0.6) is 0 Å². The van der Waals surface area contributed by atoms with Crippen LogP contribution in [0.15, 0.2) is 11.6 Å². The Labute approximate surface area is 48.1 Å². The van der Waals surface area contributed by atoms with Crippen LogP contribution in [0.3, 0.4) is 0 Å². The summed E-state index contributed by atoms with van der Waals surface area (Å²) < 4.78 is 0. The Hall–Kier alpha value is -0.810. The normalized spacial score (nSPS) is 27.0. The van der Waals surface area contributed by atoms with Gasteiger partial charge in [0.15, 0.2) is 0 Å². The first-order valence-electron chi connectivity index (χ1n) is 2.62. The Morgan fingerprint density at radius 3 is 2.88 bits per heavy atom. The van der Waals surface area contributed by atoms with Crippen molar-refractivity contribution < 1.29 is 5.11 Å². The molecule has 0 aromatic rings. The van der Waals surface area contributed by atoms with E-state index in [-0.39, 0.29) is 6.10 Å². The lowest BCUT2D eigenvalue weighted by atomic mass is 10.3. The van der Waals surface area contributed by atoms with Crippen molar-refractivity contribution in [3.63, 3.8) is 0 Å². The van der Waals surface area contributed by atoms with Crippen molar-refractivity contribution in [1.29, 1.82) is 5.26 Å². The molecule has 0 aromatic carbocycles. The minimum absolute atomic E-state index is 0.357. The molecular weight excluding hydrogens is 102 g/mol. The largest absolute Gasteiger partial charge is 0.389 e. The highest BCUT2D eigenvalue weighted by Crippen LogP contribution is 2.16. The van der Waals surface area contributed by atoms with Crippen molar-refractivity contribution in [1.82, 2.24) is 0 Å². The van der Waals surface area contributed by atoms with Gasteiger partial charge in [-0.3, -0.25) is 0 Å². The summed E-state index contributed by atoms with van der Waals surface area (Å²) in [5, 5.41) is 17.1. The lowest BCUT2D eigenvalue weighted by Crippen LogP contribution is -1.93. The first-order chi connectivity index (χ1) is 3.83. The topological polar surface area (TPSA) is 44.0 Å². The molecule has 0 saturated carbocycles. The Bertz CT molecular complexity index is 154. The number of nitrogens with zero attached hydrogens (tertiary/aromatic N) is 1. The third kappa shape index (κ3) is 0.877. The standard InChI is InChI=1S/C6H7NO/c7-4-5-1-2-6(8)3-5/h3,6,8H,1-2H2. The molecule has 1 aliphatic carbocycles. The molecule has 0 bridgehead atoms. The number of hydrogen-bond acceptors (Lipinski definition) is 2. The van der Waals surface area contributed by atoms with Gasteiger partial charge in [0.1, 0.15) is 0 Å². The van der Waals surface area contributed by atoms with E-state index in [1.165, 1.54) is 0 Å². The van der Waals surface area contributed by atoms with E-state index in [0.717, 1.165) is 18.4 Å². The van der Waals surface area contributed by atoms with Crippen molar-refractivity contribution >= 4 is 0 Å². The maximum atomic E-state index is 8.80. The molecule has 0 aliphatic heterocycles. The van der Waals surface area contributed by atoms with E-state index in [1.807, 2.05) is 6.07 Å². The van der Waals surface area contributed by atoms with Gasteiger partial charge in [0.05, 0.1) is 12.2 Å². The van der Waals surface area contributed by atoms with E-state index in [2.05, 4.69) is 0 Å². The molecule has 0 heterocycles. The second kappa shape index (κ2) is 1.97. The Morgan fingerprint density at radius 1 is 1.88 bits per heavy atom. The van der Waals surface area contributed by atoms with Gasteiger partial charge in [0.25, 0.3) is 0 Å². The minimum Gasteiger partial charge on any atom is -0.389 e. The van der Waals surface area contributed by atoms with Crippen LogP contribution in [0.25, 0.3) is 0 Å². The zero-order chi connectivity index (χ0) is 5.98. The Balaban J connectivity index is 2.61. The molecule has 1 N–H and O–H groups in total. The molecule has 1 rings (SSSR count). The molecule has 42 valence electrons. The van der Waals surface area contributed by atoms with Crippen molar-refractivity contribution in [2.75, 3.05) is 0 Å². The van der Waals surface area contributed by atoms with E-state index in [1.54, 1.807) is 6.08 Å². The van der Waals surface area contributed by atoms with Crippen LogP contribution in [-0.4, -0.2) is 11.2 Å². The monoisotopic (exact) mass is 109 g/mol. The summed E-state index contributed by atoms with van der Waals surface area (Å²) in [5.74, 6) is 0. The lowest BCUT2D eigenvalue weighted by Gasteiger charge is -1.89. The first kappa shape index (κ1) is 5.33. The molecule has 0 radical (unpaired) electrons. The van der Waals surface area contributed by atoms with Gasteiger partial charge < -0.3 is 5.11 Å². The quantitative estimate of drug-likeness (QED) is 0.494. The van der Waals surface area contributed by atoms with Gasteiger partial charge in [0.2, 0.25) is 0 Å². The Morgan fingerprint density at radius 2 is 2.62 bits per heavy atom. The van der Waals surface area contributed by atoms with Crippen LogP contribution >= 0.6 is 0 Å². The maximum Gasteiger partial charge on any atom is 0.0944 e. The highest BCUT2D eigenvalue weighted by Gasteiger charge is 2.10. The van der Waals surface area contributed by atoms with Crippen LogP contribution in [-0.2, 0) is 0 Å². The van der Waals surface area contributed by atoms with Gasteiger partial charge in [-0.15, -0.1) is 0 Å². The van der Waals surface area contributed by atoms with E-state index in [4.69, 9.17) is 10.4 Å². The second-order valence-electron chi connectivity index (χ2n) is 1.91. The molecule has 1 unspecified atom stereocenters. The summed E-state index contributed by atoms with van der Waals surface area (Å²) >= 11 is 0. The molecule has 0 fully saturated rings. The second-order valence-corrected chi connectivity index (χ2v) is 1.91. The average Bonchev–Trinajstić information content (AvgIpc) is 2.14. The van der Waals surface area contributed by atoms with Crippen molar-refractivity contribution in [3.8, 4) is 6.07 Å². The van der Waals surface area contributed by atoms with E-state index < -0.39 is 0 Å². The highest BCUT2D eigenvalue weighted by molar-refractivity contribution is 5.25. The molecule has 1 atom stereocenters. The number of aliphatic hydroxyl groups excluding tert-OH is 1. The SMILES string of the molecule is N#CC1=CC(O)CC1. The molecule has 0 spiro atoms. The molecule has 2 nitrogen and oxygen atoms in total. The smallest absolute Gasteiger partial charge is 0.0944 e. The fourth-order valence-electron chi connectivity index (χ4n) is 0.795. The van der Waals surface area contributed by atoms with Gasteiger partial charge in [-0.25, -0.2) is 0 Å². The minimum atomic E-state index is -0.357. The fourth-order valence-corrected chi connectivity index (χ4v) is 0.795. The van der Waals surface area contributed by atoms with Crippen molar-refractivity contribution in [3.05, 3.63) is 11.6 Å². The molecular formula is C6H7NO. The summed E-state index contributed by atoms with van der Waals surface area (Å²) in [6, 6.07) is 2.00. The highest BCUT2D eigenvalue weighted by atomic mass is 16.3. The predicted molar refractivity (Wildman–Crippen MR) is 28.9 cm³/mol. The predicted octanol–water partition coefficient (Wildman–Crippen LogP) is 0.591. The lowest BCUT2D eigenvalue weighted by molar-refractivity contribution is 0.223. The van der Waals surface area contributed by atoms with Gasteiger partial charge >= 0.3 is 0 Å². The van der Waals surface area contributed by atoms with E-state index in [9.17, 15) is 0 Å². The number of hydrogen-bond donors (Lipinski definition) is 1. The maximum absolute atomic E-state index is 8.80. The van der Waals surface area contributed by atoms with Crippen molar-refractivity contribution in [2.45, 2.75) is 18.9 Å². The van der Waals surface area contributed by atoms with Crippen LogP contribution in [0.2, 0.25) is 0 Å². The third-order valence-corrected chi connectivity index (χ3v) is 1.25. The van der Waals surface area contributed by atoms with Crippen LogP contribution in [0.1, 0.15) is 12.8 Å². The number of nitriles is 1. The number of allylic oxidation sites excluding steroid dienone is 1. The zero-order valence-corrected chi connectivity index (χ0v) is 4.46. The van der Waals surface area contributed by atoms with Gasteiger partial charge in [-0.2, -0.15) is 5.26 Å². The van der Waals surface area contributed by atoms with Crippen molar-refractivity contribution in [2.24, 2.45) is 0 Å². The summed E-state index contributed by atoms with van der Waals surface area (Å²) in [5.41, 5.74) is 0.720. The molecule has 8 heavy (non-hydrogen) atoms. The van der Waals surface area contributed by atoms with Crippen LogP contribution in [0.4, 0.5) is 0 Å². The first-order valence-corrected chi connectivity index (χ1v) is 2.62. The number of rotatable bonds is 0. The number of aliphatic hydroxyl groups is 1. The average molecular weight is 109 g/mol. The fraction of sp³-hybridized carbons (Fsp3) is 0.500. The summed E-state index contributed by atoms with van der Waals surface area (Å²) in [7, 11) is 0. The molecule has 0 aromatic heterocycles. The summed E-state index contributed by atoms with van der Waals surface area (Å²) in [6.07, 6.45) is 2.73. The summed E-state index contributed by atoms with van der Waals surface area (Å²) in [6.45, 7) is 0. The van der Waals surface area contributed by atoms with Crippen LogP contribution < -0.4 is 0 Å². The van der Waals surface area contributed by atoms with Gasteiger partial charge in [-0.05, 0) is 18.9 Å². The Kier molecular flexibility index (Phi) is 1.32. The summed E-state index contributed by atoms with van der Waals surface area (Å²) in [4.78, 5) is 0. The van der Waals surface area contributed by atoms with E-state index in [0.29, 0.717) is 0 Å². The molecule has 1 aliphatic rings.